The second kappa shape index (κ2) is 6.13. The topological polar surface area (TPSA) is 50.4 Å². The number of rotatable bonds is 4. The zero-order valence-corrected chi connectivity index (χ0v) is 9.67. The Morgan fingerprint density at radius 3 is 2.56 bits per heavy atom. The van der Waals surface area contributed by atoms with Crippen molar-refractivity contribution in [3.63, 3.8) is 0 Å². The van der Waals surface area contributed by atoms with Gasteiger partial charge in [-0.1, -0.05) is 18.2 Å². The van der Waals surface area contributed by atoms with Crippen LogP contribution in [0.15, 0.2) is 24.3 Å². The number of nitrogens with one attached hydrogen (secondary N) is 2. The molecule has 100 valence electrons. The molecule has 0 spiro atoms. The van der Waals surface area contributed by atoms with E-state index in [1.807, 2.05) is 0 Å². The lowest BCUT2D eigenvalue weighted by atomic mass is 10.2. The standard InChI is InChI=1S/C11H13F3N2O2/c1-18-9-5-3-2-4-8(9)6-15-10(17)16-7-11(12,13)14/h2-5H,6-7H2,1H3,(H2,15,16,17). The van der Waals surface area contributed by atoms with Crippen molar-refractivity contribution < 1.29 is 22.7 Å². The molecule has 1 rings (SSSR count). The minimum absolute atomic E-state index is 0.0910. The molecule has 0 aromatic heterocycles. The van der Waals surface area contributed by atoms with E-state index in [1.54, 1.807) is 29.6 Å². The summed E-state index contributed by atoms with van der Waals surface area (Å²) in [5.41, 5.74) is 0.683. The molecule has 0 bridgehead atoms. The number of amides is 2. The number of methoxy groups -OCH3 is 1. The summed E-state index contributed by atoms with van der Waals surface area (Å²) < 4.78 is 40.5. The predicted octanol–water partition coefficient (Wildman–Crippen LogP) is 2.06. The lowest BCUT2D eigenvalue weighted by molar-refractivity contribution is -0.122. The molecule has 0 atom stereocenters. The zero-order chi connectivity index (χ0) is 13.6. The second-order valence-corrected chi connectivity index (χ2v) is 3.46. The van der Waals surface area contributed by atoms with E-state index in [0.717, 1.165) is 0 Å². The highest BCUT2D eigenvalue weighted by Crippen LogP contribution is 2.16. The highest BCUT2D eigenvalue weighted by atomic mass is 19.4. The van der Waals surface area contributed by atoms with E-state index in [4.69, 9.17) is 4.74 Å². The van der Waals surface area contributed by atoms with E-state index in [-0.39, 0.29) is 6.54 Å². The van der Waals surface area contributed by atoms with E-state index in [1.165, 1.54) is 7.11 Å². The molecule has 0 aliphatic heterocycles. The van der Waals surface area contributed by atoms with Gasteiger partial charge in [0.15, 0.2) is 0 Å². The SMILES string of the molecule is COc1ccccc1CNC(=O)NCC(F)(F)F. The molecule has 1 aromatic rings. The van der Waals surface area contributed by atoms with Gasteiger partial charge in [0, 0.05) is 12.1 Å². The van der Waals surface area contributed by atoms with Crippen LogP contribution in [0.25, 0.3) is 0 Å². The molecule has 0 aliphatic rings. The van der Waals surface area contributed by atoms with Gasteiger partial charge >= 0.3 is 12.2 Å². The summed E-state index contributed by atoms with van der Waals surface area (Å²) in [6.45, 7) is -1.27. The number of ether oxygens (including phenoxy) is 1. The number of urea groups is 1. The molecule has 0 radical (unpaired) electrons. The molecule has 7 heteroatoms. The van der Waals surface area contributed by atoms with Crippen molar-refractivity contribution >= 4 is 6.03 Å². The van der Waals surface area contributed by atoms with Crippen molar-refractivity contribution in [1.82, 2.24) is 10.6 Å². The number of para-hydroxylation sites is 1. The minimum Gasteiger partial charge on any atom is -0.496 e. The fraction of sp³-hybridized carbons (Fsp3) is 0.364. The van der Waals surface area contributed by atoms with E-state index < -0.39 is 18.8 Å². The van der Waals surface area contributed by atoms with Crippen LogP contribution in [0.5, 0.6) is 5.75 Å². The Morgan fingerprint density at radius 1 is 1.28 bits per heavy atom. The highest BCUT2D eigenvalue weighted by molar-refractivity contribution is 5.73. The number of hydrogen-bond donors (Lipinski definition) is 2. The van der Waals surface area contributed by atoms with Gasteiger partial charge in [-0.3, -0.25) is 0 Å². The molecule has 2 N–H and O–H groups in total. The normalized spacial score (nSPS) is 10.9. The van der Waals surface area contributed by atoms with Gasteiger partial charge < -0.3 is 15.4 Å². The van der Waals surface area contributed by atoms with E-state index >= 15 is 0 Å². The Labute approximate surface area is 102 Å². The molecule has 18 heavy (non-hydrogen) atoms. The molecule has 2 amide bonds. The molecule has 1 aromatic carbocycles. The monoisotopic (exact) mass is 262 g/mol. The minimum atomic E-state index is -4.41. The van der Waals surface area contributed by atoms with Crippen LogP contribution in [-0.4, -0.2) is 25.9 Å². The first-order valence-corrected chi connectivity index (χ1v) is 5.13. The lowest BCUT2D eigenvalue weighted by Crippen LogP contribution is -2.40. The molecule has 0 saturated heterocycles. The fourth-order valence-electron chi connectivity index (χ4n) is 1.27. The van der Waals surface area contributed by atoms with Gasteiger partial charge in [0.1, 0.15) is 12.3 Å². The van der Waals surface area contributed by atoms with Crippen molar-refractivity contribution in [1.29, 1.82) is 0 Å². The maximum absolute atomic E-state index is 11.8. The summed E-state index contributed by atoms with van der Waals surface area (Å²) in [4.78, 5) is 11.1. The van der Waals surface area contributed by atoms with Crippen LogP contribution in [-0.2, 0) is 6.54 Å². The first-order chi connectivity index (χ1) is 8.42. The summed E-state index contributed by atoms with van der Waals surface area (Å²) in [7, 11) is 1.47. The van der Waals surface area contributed by atoms with Gasteiger partial charge in [-0.05, 0) is 6.07 Å². The maximum atomic E-state index is 11.8. The van der Waals surface area contributed by atoms with Crippen LogP contribution >= 0.6 is 0 Å². The van der Waals surface area contributed by atoms with Gasteiger partial charge in [-0.15, -0.1) is 0 Å². The van der Waals surface area contributed by atoms with Crippen molar-refractivity contribution in [2.24, 2.45) is 0 Å². The quantitative estimate of drug-likeness (QED) is 0.872. The van der Waals surface area contributed by atoms with Crippen LogP contribution in [0.1, 0.15) is 5.56 Å². The van der Waals surface area contributed by atoms with Gasteiger partial charge in [-0.2, -0.15) is 13.2 Å². The van der Waals surface area contributed by atoms with Gasteiger partial charge in [0.25, 0.3) is 0 Å². The van der Waals surface area contributed by atoms with Crippen LogP contribution in [0.3, 0.4) is 0 Å². The van der Waals surface area contributed by atoms with Crippen molar-refractivity contribution in [3.05, 3.63) is 29.8 Å². The van der Waals surface area contributed by atoms with Crippen molar-refractivity contribution in [3.8, 4) is 5.75 Å². The summed E-state index contributed by atoms with van der Waals surface area (Å²) in [5.74, 6) is 0.564. The average molecular weight is 262 g/mol. The number of halogens is 3. The van der Waals surface area contributed by atoms with E-state index in [9.17, 15) is 18.0 Å². The largest absolute Gasteiger partial charge is 0.496 e. The smallest absolute Gasteiger partial charge is 0.405 e. The number of hydrogen-bond acceptors (Lipinski definition) is 2. The molecular weight excluding hydrogens is 249 g/mol. The Hall–Kier alpha value is -1.92. The molecule has 0 fully saturated rings. The number of alkyl halides is 3. The third kappa shape index (κ3) is 4.94. The first kappa shape index (κ1) is 14.1. The van der Waals surface area contributed by atoms with Crippen LogP contribution in [0, 0.1) is 0 Å². The molecular formula is C11H13F3N2O2. The van der Waals surface area contributed by atoms with Gasteiger partial charge in [-0.25, -0.2) is 4.79 Å². The predicted molar refractivity (Wildman–Crippen MR) is 59.3 cm³/mol. The van der Waals surface area contributed by atoms with Crippen molar-refractivity contribution in [2.45, 2.75) is 12.7 Å². The number of benzene rings is 1. The Balaban J connectivity index is 2.43. The summed E-state index contributed by atoms with van der Waals surface area (Å²) >= 11 is 0. The summed E-state index contributed by atoms with van der Waals surface area (Å²) in [5, 5.41) is 4.03. The molecule has 0 saturated carbocycles. The van der Waals surface area contributed by atoms with Gasteiger partial charge in [0.05, 0.1) is 7.11 Å². The first-order valence-electron chi connectivity index (χ1n) is 5.13. The third-order valence-electron chi connectivity index (χ3n) is 2.08. The molecule has 0 unspecified atom stereocenters. The number of carbonyl (C=O) groups excluding carboxylic acids is 1. The highest BCUT2D eigenvalue weighted by Gasteiger charge is 2.27. The Morgan fingerprint density at radius 2 is 1.94 bits per heavy atom. The van der Waals surface area contributed by atoms with Crippen molar-refractivity contribution in [2.75, 3.05) is 13.7 Å². The third-order valence-corrected chi connectivity index (χ3v) is 2.08. The lowest BCUT2D eigenvalue weighted by Gasteiger charge is -2.11. The van der Waals surface area contributed by atoms with Crippen LogP contribution in [0.4, 0.5) is 18.0 Å². The van der Waals surface area contributed by atoms with Gasteiger partial charge in [0.2, 0.25) is 0 Å². The summed E-state index contributed by atoms with van der Waals surface area (Å²) in [6, 6.07) is 6.03. The maximum Gasteiger partial charge on any atom is 0.405 e. The Bertz CT molecular complexity index is 408. The zero-order valence-electron chi connectivity index (χ0n) is 9.67. The average Bonchev–Trinajstić information content (AvgIpc) is 2.33. The second-order valence-electron chi connectivity index (χ2n) is 3.46. The van der Waals surface area contributed by atoms with E-state index in [0.29, 0.717) is 11.3 Å². The number of carbonyl (C=O) groups is 1. The molecule has 0 heterocycles. The fourth-order valence-corrected chi connectivity index (χ4v) is 1.27. The van der Waals surface area contributed by atoms with Crippen LogP contribution < -0.4 is 15.4 Å². The molecule has 4 nitrogen and oxygen atoms in total. The Kier molecular flexibility index (Phi) is 4.82. The molecule has 0 aliphatic carbocycles. The van der Waals surface area contributed by atoms with Crippen LogP contribution in [0.2, 0.25) is 0 Å². The summed E-state index contributed by atoms with van der Waals surface area (Å²) in [6.07, 6.45) is -4.41. The van der Waals surface area contributed by atoms with E-state index in [2.05, 4.69) is 5.32 Å².